The Morgan fingerprint density at radius 2 is 2.36 bits per heavy atom. The average molecular weight is 194 g/mol. The summed E-state index contributed by atoms with van der Waals surface area (Å²) in [5.41, 5.74) is 0.0758. The zero-order chi connectivity index (χ0) is 9.97. The van der Waals surface area contributed by atoms with Crippen LogP contribution in [-0.4, -0.2) is 27.4 Å². The molecule has 0 aliphatic heterocycles. The molecule has 1 aliphatic carbocycles. The van der Waals surface area contributed by atoms with E-state index < -0.39 is 5.97 Å². The molecule has 14 heavy (non-hydrogen) atoms. The van der Waals surface area contributed by atoms with Crippen LogP contribution in [0.25, 0.3) is 0 Å². The summed E-state index contributed by atoms with van der Waals surface area (Å²) in [4.78, 5) is 10.8. The Bertz CT molecular complexity index is 350. The predicted molar refractivity (Wildman–Crippen MR) is 47.3 cm³/mol. The summed E-state index contributed by atoms with van der Waals surface area (Å²) >= 11 is 0. The molecule has 0 aromatic carbocycles. The van der Waals surface area contributed by atoms with Crippen molar-refractivity contribution in [2.45, 2.75) is 25.4 Å². The number of hydrogen-bond donors (Lipinski definition) is 1. The average Bonchev–Trinajstić information content (AvgIpc) is 2.12. The van der Waals surface area contributed by atoms with Gasteiger partial charge in [-0.3, -0.25) is 0 Å². The van der Waals surface area contributed by atoms with E-state index in [4.69, 9.17) is 9.84 Å². The number of carboxylic acid groups (broad SMARTS) is 1. The number of aromatic nitrogens is 2. The molecule has 5 nitrogen and oxygen atoms in total. The van der Waals surface area contributed by atoms with Crippen molar-refractivity contribution in [1.82, 2.24) is 10.2 Å². The van der Waals surface area contributed by atoms with Gasteiger partial charge >= 0.3 is 5.97 Å². The maximum atomic E-state index is 10.8. The third-order valence-electron chi connectivity index (χ3n) is 2.25. The van der Waals surface area contributed by atoms with Gasteiger partial charge in [-0.05, 0) is 25.3 Å². The van der Waals surface area contributed by atoms with Gasteiger partial charge in [0.25, 0.3) is 0 Å². The van der Waals surface area contributed by atoms with Crippen LogP contribution >= 0.6 is 0 Å². The van der Waals surface area contributed by atoms with E-state index in [1.54, 1.807) is 0 Å². The Labute approximate surface area is 80.7 Å². The molecular formula is C9H10N2O3. The van der Waals surface area contributed by atoms with Gasteiger partial charge in [-0.25, -0.2) is 4.79 Å². The summed E-state index contributed by atoms with van der Waals surface area (Å²) in [5, 5.41) is 16.1. The summed E-state index contributed by atoms with van der Waals surface area (Å²) in [7, 11) is 0. The molecule has 1 heterocycles. The first-order chi connectivity index (χ1) is 6.77. The highest BCUT2D eigenvalue weighted by molar-refractivity contribution is 5.89. The van der Waals surface area contributed by atoms with E-state index in [0.29, 0.717) is 0 Å². The van der Waals surface area contributed by atoms with E-state index >= 15 is 0 Å². The number of hydrogen-bond acceptors (Lipinski definition) is 4. The fourth-order valence-corrected chi connectivity index (χ4v) is 1.22. The summed E-state index contributed by atoms with van der Waals surface area (Å²) in [6.07, 6.45) is 4.53. The lowest BCUT2D eigenvalue weighted by Gasteiger charge is -2.25. The lowest BCUT2D eigenvalue weighted by Crippen LogP contribution is -2.26. The minimum atomic E-state index is -1.03. The third-order valence-corrected chi connectivity index (χ3v) is 2.25. The van der Waals surface area contributed by atoms with Crippen molar-refractivity contribution in [3.63, 3.8) is 0 Å². The maximum absolute atomic E-state index is 10.8. The predicted octanol–water partition coefficient (Wildman–Crippen LogP) is 1.11. The second kappa shape index (κ2) is 3.61. The summed E-state index contributed by atoms with van der Waals surface area (Å²) in [6.45, 7) is 0. The van der Waals surface area contributed by atoms with E-state index in [2.05, 4.69) is 10.2 Å². The molecule has 0 unspecified atom stereocenters. The maximum Gasteiger partial charge on any atom is 0.341 e. The van der Waals surface area contributed by atoms with Crippen molar-refractivity contribution in [1.29, 1.82) is 0 Å². The normalized spacial score (nSPS) is 16.0. The van der Waals surface area contributed by atoms with Gasteiger partial charge in [-0.15, -0.1) is 5.10 Å². The molecule has 1 aromatic rings. The van der Waals surface area contributed by atoms with Crippen LogP contribution in [0.3, 0.4) is 0 Å². The molecular weight excluding hydrogens is 184 g/mol. The van der Waals surface area contributed by atoms with E-state index in [1.165, 1.54) is 12.3 Å². The van der Waals surface area contributed by atoms with Crippen LogP contribution in [0, 0.1) is 0 Å². The standard InChI is InChI=1S/C9H10N2O3/c12-9(13)7-4-5-10-11-8(7)14-6-2-1-3-6/h4-6H,1-3H2,(H,12,13). The molecule has 1 fully saturated rings. The van der Waals surface area contributed by atoms with Crippen LogP contribution in [0.5, 0.6) is 5.88 Å². The van der Waals surface area contributed by atoms with Crippen LogP contribution in [0.1, 0.15) is 29.6 Å². The molecule has 1 aromatic heterocycles. The summed E-state index contributed by atoms with van der Waals surface area (Å²) < 4.78 is 5.39. The van der Waals surface area contributed by atoms with E-state index in [1.807, 2.05) is 0 Å². The first kappa shape index (κ1) is 8.93. The van der Waals surface area contributed by atoms with Crippen molar-refractivity contribution in [2.75, 3.05) is 0 Å². The molecule has 0 amide bonds. The molecule has 5 heteroatoms. The van der Waals surface area contributed by atoms with Gasteiger partial charge in [0.05, 0.1) is 6.20 Å². The molecule has 1 N–H and O–H groups in total. The smallest absolute Gasteiger partial charge is 0.341 e. The first-order valence-electron chi connectivity index (χ1n) is 4.49. The van der Waals surface area contributed by atoms with Gasteiger partial charge in [0.2, 0.25) is 5.88 Å². The Morgan fingerprint density at radius 1 is 1.57 bits per heavy atom. The lowest BCUT2D eigenvalue weighted by molar-refractivity contribution is 0.0674. The minimum absolute atomic E-state index is 0.0758. The number of nitrogens with zero attached hydrogens (tertiary/aromatic N) is 2. The molecule has 1 saturated carbocycles. The molecule has 0 bridgehead atoms. The SMILES string of the molecule is O=C(O)c1ccnnc1OC1CCC1. The van der Waals surface area contributed by atoms with Crippen LogP contribution in [0.2, 0.25) is 0 Å². The molecule has 0 saturated heterocycles. The van der Waals surface area contributed by atoms with Gasteiger partial charge < -0.3 is 9.84 Å². The molecule has 2 rings (SSSR count). The zero-order valence-electron chi connectivity index (χ0n) is 7.51. The van der Waals surface area contributed by atoms with E-state index in [0.717, 1.165) is 19.3 Å². The van der Waals surface area contributed by atoms with Gasteiger partial charge in [-0.1, -0.05) is 0 Å². The quantitative estimate of drug-likeness (QED) is 0.780. The first-order valence-corrected chi connectivity index (χ1v) is 4.49. The Kier molecular flexibility index (Phi) is 2.30. The third kappa shape index (κ3) is 1.66. The second-order valence-electron chi connectivity index (χ2n) is 3.23. The fourth-order valence-electron chi connectivity index (χ4n) is 1.22. The Morgan fingerprint density at radius 3 is 2.93 bits per heavy atom. The number of carboxylic acids is 1. The van der Waals surface area contributed by atoms with Gasteiger partial charge in [0.15, 0.2) is 0 Å². The fraction of sp³-hybridized carbons (Fsp3) is 0.444. The van der Waals surface area contributed by atoms with Crippen molar-refractivity contribution >= 4 is 5.97 Å². The molecule has 0 spiro atoms. The topological polar surface area (TPSA) is 72.3 Å². The number of carbonyl (C=O) groups is 1. The highest BCUT2D eigenvalue weighted by atomic mass is 16.5. The summed E-state index contributed by atoms with van der Waals surface area (Å²) in [5.74, 6) is -0.904. The largest absolute Gasteiger partial charge is 0.477 e. The number of aromatic carboxylic acids is 1. The van der Waals surface area contributed by atoms with Crippen LogP contribution in [0.15, 0.2) is 12.3 Å². The van der Waals surface area contributed by atoms with Gasteiger partial charge in [0.1, 0.15) is 11.7 Å². The van der Waals surface area contributed by atoms with Crippen molar-refractivity contribution < 1.29 is 14.6 Å². The van der Waals surface area contributed by atoms with Crippen LogP contribution in [-0.2, 0) is 0 Å². The summed E-state index contributed by atoms with van der Waals surface area (Å²) in [6, 6.07) is 1.39. The van der Waals surface area contributed by atoms with Crippen molar-refractivity contribution in [2.24, 2.45) is 0 Å². The number of rotatable bonds is 3. The number of ether oxygens (including phenoxy) is 1. The van der Waals surface area contributed by atoms with Gasteiger partial charge in [-0.2, -0.15) is 5.10 Å². The van der Waals surface area contributed by atoms with Crippen LogP contribution < -0.4 is 4.74 Å². The van der Waals surface area contributed by atoms with E-state index in [9.17, 15) is 4.79 Å². The Balaban J connectivity index is 2.17. The van der Waals surface area contributed by atoms with Crippen molar-refractivity contribution in [3.05, 3.63) is 17.8 Å². The molecule has 0 atom stereocenters. The van der Waals surface area contributed by atoms with Crippen molar-refractivity contribution in [3.8, 4) is 5.88 Å². The highest BCUT2D eigenvalue weighted by Gasteiger charge is 2.22. The molecule has 0 radical (unpaired) electrons. The van der Waals surface area contributed by atoms with E-state index in [-0.39, 0.29) is 17.5 Å². The zero-order valence-corrected chi connectivity index (χ0v) is 7.51. The Hall–Kier alpha value is -1.65. The lowest BCUT2D eigenvalue weighted by atomic mass is 9.96. The highest BCUT2D eigenvalue weighted by Crippen LogP contribution is 2.25. The molecule has 74 valence electrons. The second-order valence-corrected chi connectivity index (χ2v) is 3.23. The molecule has 1 aliphatic rings. The van der Waals surface area contributed by atoms with Gasteiger partial charge in [0, 0.05) is 0 Å². The minimum Gasteiger partial charge on any atom is -0.477 e. The monoisotopic (exact) mass is 194 g/mol. The van der Waals surface area contributed by atoms with Crippen LogP contribution in [0.4, 0.5) is 0 Å².